The Morgan fingerprint density at radius 3 is 2.03 bits per heavy atom. The molecule has 160 valence electrons. The number of aromatic hydroxyl groups is 1. The van der Waals surface area contributed by atoms with Gasteiger partial charge in [-0.3, -0.25) is 9.36 Å². The summed E-state index contributed by atoms with van der Waals surface area (Å²) >= 11 is 1.27. The minimum atomic E-state index is -4.18. The maximum Gasteiger partial charge on any atom is 0.327 e. The number of carbonyl (C=O) groups is 1. The monoisotopic (exact) mass is 439 g/mol. The van der Waals surface area contributed by atoms with Gasteiger partial charge in [-0.05, 0) is 40.0 Å². The Kier molecular flexibility index (Phi) is 6.80. The first-order valence-electron chi connectivity index (χ1n) is 9.38. The first-order valence-corrected chi connectivity index (χ1v) is 12.1. The van der Waals surface area contributed by atoms with Crippen molar-refractivity contribution in [2.45, 2.75) is 52.4 Å². The highest BCUT2D eigenvalue weighted by molar-refractivity contribution is 8.06. The summed E-state index contributed by atoms with van der Waals surface area (Å²) in [5.41, 5.74) is 1.85. The van der Waals surface area contributed by atoms with Gasteiger partial charge in [0.25, 0.3) is 5.91 Å². The van der Waals surface area contributed by atoms with Crippen LogP contribution in [0.1, 0.15) is 58.2 Å². The zero-order valence-electron chi connectivity index (χ0n) is 17.8. The molecule has 0 atom stereocenters. The third-order valence-electron chi connectivity index (χ3n) is 4.59. The second-order valence-corrected chi connectivity index (χ2v) is 12.0. The van der Waals surface area contributed by atoms with Crippen LogP contribution in [0.15, 0.2) is 28.6 Å². The van der Waals surface area contributed by atoms with Crippen molar-refractivity contribution in [2.24, 2.45) is 0 Å². The van der Waals surface area contributed by atoms with E-state index in [1.54, 1.807) is 11.5 Å². The summed E-state index contributed by atoms with van der Waals surface area (Å²) in [5.74, 6) is -0.0217. The van der Waals surface area contributed by atoms with Crippen LogP contribution in [0.2, 0.25) is 0 Å². The van der Waals surface area contributed by atoms with Gasteiger partial charge in [-0.25, -0.2) is 0 Å². The lowest BCUT2D eigenvalue weighted by Gasteiger charge is -2.28. The Balaban J connectivity index is 2.46. The van der Waals surface area contributed by atoms with E-state index in [-0.39, 0.29) is 35.2 Å². The molecule has 1 aromatic carbocycles. The molecule has 1 aliphatic rings. The van der Waals surface area contributed by atoms with Crippen molar-refractivity contribution in [3.05, 3.63) is 45.3 Å². The predicted molar refractivity (Wildman–Crippen MR) is 119 cm³/mol. The van der Waals surface area contributed by atoms with E-state index in [9.17, 15) is 14.5 Å². The number of carbonyl (C=O) groups excluding carboxylic acids is 1. The number of amides is 1. The van der Waals surface area contributed by atoms with Gasteiger partial charge in [-0.2, -0.15) is 0 Å². The highest BCUT2D eigenvalue weighted by Crippen LogP contribution is 2.41. The van der Waals surface area contributed by atoms with Gasteiger partial charge in [0.05, 0.1) is 11.1 Å². The first-order chi connectivity index (χ1) is 13.1. The van der Waals surface area contributed by atoms with Gasteiger partial charge in [0, 0.05) is 23.9 Å². The Morgan fingerprint density at radius 1 is 1.07 bits per heavy atom. The molecule has 6 nitrogen and oxygen atoms in total. The summed E-state index contributed by atoms with van der Waals surface area (Å²) in [4.78, 5) is 32.7. The van der Waals surface area contributed by atoms with E-state index >= 15 is 0 Å². The zero-order valence-corrected chi connectivity index (χ0v) is 19.5. The largest absolute Gasteiger partial charge is 0.507 e. The smallest absolute Gasteiger partial charge is 0.327 e. The molecule has 1 amide bonds. The molecule has 0 aromatic heterocycles. The maximum atomic E-state index is 12.8. The molecular formula is C21H30NO5PS. The molecule has 1 heterocycles. The van der Waals surface area contributed by atoms with Crippen molar-refractivity contribution in [1.29, 1.82) is 0 Å². The topological polar surface area (TPSA) is 98.1 Å². The standard InChI is InChI=1S/C21H30NO5PS/c1-20(2,3)15-11-14(12-16(18(15)23)21(4,5)6)13-17-19(24)22(8-10-29-17)7-9-28(25,26)27/h8,10-13,23H,7,9H2,1-6H3,(H2,25,26,27)/b17-13-. The second kappa shape index (κ2) is 8.31. The molecule has 0 saturated carbocycles. The molecular weight excluding hydrogens is 409 g/mol. The van der Waals surface area contributed by atoms with Gasteiger partial charge >= 0.3 is 7.60 Å². The summed E-state index contributed by atoms with van der Waals surface area (Å²) in [7, 11) is -4.18. The average molecular weight is 440 g/mol. The highest BCUT2D eigenvalue weighted by atomic mass is 32.2. The van der Waals surface area contributed by atoms with Gasteiger partial charge in [-0.15, -0.1) is 0 Å². The number of rotatable bonds is 4. The molecule has 1 aliphatic heterocycles. The summed E-state index contributed by atoms with van der Waals surface area (Å²) in [6, 6.07) is 3.79. The van der Waals surface area contributed by atoms with Crippen molar-refractivity contribution < 1.29 is 24.3 Å². The first kappa shape index (κ1) is 23.7. The second-order valence-electron chi connectivity index (χ2n) is 9.26. The zero-order chi connectivity index (χ0) is 22.2. The van der Waals surface area contributed by atoms with E-state index in [1.807, 2.05) is 53.7 Å². The van der Waals surface area contributed by atoms with E-state index in [4.69, 9.17) is 9.79 Å². The predicted octanol–water partition coefficient (Wildman–Crippen LogP) is 4.55. The number of hydrogen-bond donors (Lipinski definition) is 3. The fourth-order valence-corrected chi connectivity index (χ4v) is 4.23. The molecule has 1 aromatic rings. The minimum absolute atomic E-state index is 0.0480. The Morgan fingerprint density at radius 2 is 1.59 bits per heavy atom. The quantitative estimate of drug-likeness (QED) is 0.470. The molecule has 0 unspecified atom stereocenters. The van der Waals surface area contributed by atoms with Crippen LogP contribution < -0.4 is 0 Å². The van der Waals surface area contributed by atoms with Crippen LogP contribution in [-0.2, 0) is 20.2 Å². The van der Waals surface area contributed by atoms with E-state index in [0.29, 0.717) is 4.91 Å². The van der Waals surface area contributed by atoms with E-state index in [1.165, 1.54) is 22.9 Å². The number of phenolic OH excluding ortho intramolecular Hbond substituents is 1. The minimum Gasteiger partial charge on any atom is -0.507 e. The van der Waals surface area contributed by atoms with Crippen LogP contribution in [0.4, 0.5) is 0 Å². The molecule has 0 bridgehead atoms. The molecule has 0 radical (unpaired) electrons. The van der Waals surface area contributed by atoms with E-state index < -0.39 is 7.60 Å². The summed E-state index contributed by atoms with van der Waals surface area (Å²) in [6.07, 6.45) is 2.92. The fourth-order valence-electron chi connectivity index (χ4n) is 2.98. The van der Waals surface area contributed by atoms with Crippen LogP contribution in [-0.4, -0.2) is 38.4 Å². The Labute approximate surface area is 176 Å². The van der Waals surface area contributed by atoms with Crippen LogP contribution in [0.25, 0.3) is 6.08 Å². The lowest BCUT2D eigenvalue weighted by molar-refractivity contribution is -0.123. The molecule has 3 N–H and O–H groups in total. The molecule has 2 rings (SSSR count). The highest BCUT2D eigenvalue weighted by Gasteiger charge is 2.27. The maximum absolute atomic E-state index is 12.8. The van der Waals surface area contributed by atoms with Gasteiger partial charge in [0.1, 0.15) is 5.75 Å². The summed E-state index contributed by atoms with van der Waals surface area (Å²) in [5, 5.41) is 12.6. The van der Waals surface area contributed by atoms with Crippen LogP contribution in [0.5, 0.6) is 5.75 Å². The van der Waals surface area contributed by atoms with Crippen LogP contribution in [0.3, 0.4) is 0 Å². The molecule has 0 aliphatic carbocycles. The SMILES string of the molecule is CC(C)(C)c1cc(/C=C2\SC=CN(CCP(=O)(O)O)C2=O)cc(C(C)(C)C)c1O. The molecule has 8 heteroatoms. The molecule has 29 heavy (non-hydrogen) atoms. The van der Waals surface area contributed by atoms with Crippen LogP contribution in [0, 0.1) is 0 Å². The van der Waals surface area contributed by atoms with Gasteiger partial charge in [-0.1, -0.05) is 53.3 Å². The normalized spacial score (nSPS) is 17.3. The third kappa shape index (κ3) is 6.22. The van der Waals surface area contributed by atoms with E-state index in [0.717, 1.165) is 16.7 Å². The number of benzene rings is 1. The fraction of sp³-hybridized carbons (Fsp3) is 0.476. The van der Waals surface area contributed by atoms with Gasteiger partial charge in [0.2, 0.25) is 0 Å². The number of thioether (sulfide) groups is 1. The van der Waals surface area contributed by atoms with Gasteiger partial charge < -0.3 is 19.8 Å². The number of phenols is 1. The van der Waals surface area contributed by atoms with Gasteiger partial charge in [0.15, 0.2) is 0 Å². The Bertz CT molecular complexity index is 868. The van der Waals surface area contributed by atoms with Crippen LogP contribution >= 0.6 is 19.4 Å². The van der Waals surface area contributed by atoms with E-state index in [2.05, 4.69) is 0 Å². The summed E-state index contributed by atoms with van der Waals surface area (Å²) in [6.45, 7) is 12.1. The third-order valence-corrected chi connectivity index (χ3v) is 6.17. The lowest BCUT2D eigenvalue weighted by atomic mass is 9.78. The number of nitrogens with zero attached hydrogens (tertiary/aromatic N) is 1. The Hall–Kier alpha value is -1.53. The lowest BCUT2D eigenvalue weighted by Crippen LogP contribution is -2.30. The molecule has 0 spiro atoms. The number of hydrogen-bond acceptors (Lipinski definition) is 4. The summed E-state index contributed by atoms with van der Waals surface area (Å²) < 4.78 is 11.1. The van der Waals surface area contributed by atoms with Crippen molar-refractivity contribution in [3.63, 3.8) is 0 Å². The van der Waals surface area contributed by atoms with Crippen molar-refractivity contribution in [1.82, 2.24) is 4.90 Å². The van der Waals surface area contributed by atoms with Crippen molar-refractivity contribution >= 4 is 31.3 Å². The molecule has 0 fully saturated rings. The van der Waals surface area contributed by atoms with Crippen molar-refractivity contribution in [2.75, 3.05) is 12.7 Å². The average Bonchev–Trinajstić information content (AvgIpc) is 2.54. The molecule has 0 saturated heterocycles. The van der Waals surface area contributed by atoms with Crippen molar-refractivity contribution in [3.8, 4) is 5.75 Å².